The van der Waals surface area contributed by atoms with Crippen LogP contribution in [0.5, 0.6) is 11.5 Å². The number of nitrogens with one attached hydrogen (secondary N) is 2. The molecule has 0 saturated heterocycles. The van der Waals surface area contributed by atoms with Crippen molar-refractivity contribution >= 4 is 32.7 Å². The van der Waals surface area contributed by atoms with Crippen molar-refractivity contribution in [3.05, 3.63) is 46.9 Å². The SMILES string of the molecule is COc1ccc(NC(=O)C(NS(=O)(=O)c2ccc3c(c2)oc(=O)n3C)C(C)C)cc1OC. The molecule has 1 unspecified atom stereocenters. The van der Waals surface area contributed by atoms with Crippen molar-refractivity contribution in [2.24, 2.45) is 13.0 Å². The number of hydrogen-bond donors (Lipinski definition) is 2. The fraction of sp³-hybridized carbons (Fsp3) is 0.333. The average molecular weight is 464 g/mol. The van der Waals surface area contributed by atoms with Crippen molar-refractivity contribution in [2.45, 2.75) is 24.8 Å². The van der Waals surface area contributed by atoms with Crippen LogP contribution in [0.3, 0.4) is 0 Å². The van der Waals surface area contributed by atoms with Gasteiger partial charge in [-0.15, -0.1) is 0 Å². The van der Waals surface area contributed by atoms with Crippen LogP contribution >= 0.6 is 0 Å². The van der Waals surface area contributed by atoms with Gasteiger partial charge in [-0.2, -0.15) is 4.72 Å². The zero-order chi connectivity index (χ0) is 23.6. The highest BCUT2D eigenvalue weighted by Gasteiger charge is 2.29. The summed E-state index contributed by atoms with van der Waals surface area (Å²) >= 11 is 0. The molecule has 2 N–H and O–H groups in total. The number of aromatic nitrogens is 1. The van der Waals surface area contributed by atoms with Gasteiger partial charge in [-0.05, 0) is 30.2 Å². The number of methoxy groups -OCH3 is 2. The van der Waals surface area contributed by atoms with E-state index in [0.717, 1.165) is 0 Å². The van der Waals surface area contributed by atoms with E-state index in [1.807, 2.05) is 0 Å². The molecular weight excluding hydrogens is 438 g/mol. The van der Waals surface area contributed by atoms with E-state index in [-0.39, 0.29) is 16.4 Å². The number of aryl methyl sites for hydroxylation is 1. The summed E-state index contributed by atoms with van der Waals surface area (Å²) in [7, 11) is 0.405. The molecule has 2 aromatic carbocycles. The van der Waals surface area contributed by atoms with Crippen LogP contribution in [0.4, 0.5) is 5.69 Å². The van der Waals surface area contributed by atoms with Crippen LogP contribution in [0.1, 0.15) is 13.8 Å². The topological polar surface area (TPSA) is 129 Å². The number of ether oxygens (including phenoxy) is 2. The fourth-order valence-corrected chi connectivity index (χ4v) is 4.50. The van der Waals surface area contributed by atoms with Crippen molar-refractivity contribution in [1.82, 2.24) is 9.29 Å². The van der Waals surface area contributed by atoms with Gasteiger partial charge in [-0.1, -0.05) is 13.8 Å². The highest BCUT2D eigenvalue weighted by molar-refractivity contribution is 7.89. The third-order valence-electron chi connectivity index (χ3n) is 4.96. The summed E-state index contributed by atoms with van der Waals surface area (Å²) in [4.78, 5) is 24.5. The smallest absolute Gasteiger partial charge is 0.419 e. The number of carbonyl (C=O) groups excluding carboxylic acids is 1. The molecule has 0 aliphatic heterocycles. The normalized spacial score (nSPS) is 12.7. The maximum absolute atomic E-state index is 13.0. The molecule has 172 valence electrons. The second-order valence-electron chi connectivity index (χ2n) is 7.46. The van der Waals surface area contributed by atoms with Gasteiger partial charge < -0.3 is 19.2 Å². The van der Waals surface area contributed by atoms with Gasteiger partial charge in [0.2, 0.25) is 15.9 Å². The summed E-state index contributed by atoms with van der Waals surface area (Å²) in [6.07, 6.45) is 0. The Balaban J connectivity index is 1.85. The van der Waals surface area contributed by atoms with Crippen molar-refractivity contribution in [2.75, 3.05) is 19.5 Å². The van der Waals surface area contributed by atoms with Crippen LogP contribution in [-0.4, -0.2) is 39.2 Å². The lowest BCUT2D eigenvalue weighted by Gasteiger charge is -2.22. The van der Waals surface area contributed by atoms with Gasteiger partial charge in [0.15, 0.2) is 17.1 Å². The minimum Gasteiger partial charge on any atom is -0.493 e. The number of benzene rings is 2. The number of nitrogens with zero attached hydrogens (tertiary/aromatic N) is 1. The molecule has 0 radical (unpaired) electrons. The first-order valence-corrected chi connectivity index (χ1v) is 11.2. The maximum Gasteiger partial charge on any atom is 0.419 e. The first-order valence-electron chi connectivity index (χ1n) is 9.72. The molecule has 0 bridgehead atoms. The molecule has 0 fully saturated rings. The third kappa shape index (κ3) is 4.63. The molecule has 1 aromatic heterocycles. The molecule has 32 heavy (non-hydrogen) atoms. The predicted molar refractivity (Wildman–Crippen MR) is 119 cm³/mol. The fourth-order valence-electron chi connectivity index (χ4n) is 3.14. The van der Waals surface area contributed by atoms with E-state index in [4.69, 9.17) is 13.9 Å². The van der Waals surface area contributed by atoms with Crippen LogP contribution in [0, 0.1) is 5.92 Å². The molecular formula is C21H25N3O7S. The number of anilines is 1. The number of sulfonamides is 1. The lowest BCUT2D eigenvalue weighted by molar-refractivity contribution is -0.118. The molecule has 3 aromatic rings. The van der Waals surface area contributed by atoms with Gasteiger partial charge in [0, 0.05) is 24.9 Å². The predicted octanol–water partition coefficient (Wildman–Crippen LogP) is 2.09. The van der Waals surface area contributed by atoms with E-state index >= 15 is 0 Å². The molecule has 11 heteroatoms. The van der Waals surface area contributed by atoms with E-state index in [1.165, 1.54) is 44.0 Å². The van der Waals surface area contributed by atoms with Crippen LogP contribution in [0.2, 0.25) is 0 Å². The van der Waals surface area contributed by atoms with Crippen LogP contribution in [0.15, 0.2) is 50.5 Å². The molecule has 1 heterocycles. The van der Waals surface area contributed by atoms with Crippen molar-refractivity contribution in [1.29, 1.82) is 0 Å². The Bertz CT molecular complexity index is 1310. The number of fused-ring (bicyclic) bond motifs is 1. The highest BCUT2D eigenvalue weighted by Crippen LogP contribution is 2.30. The Kier molecular flexibility index (Phi) is 6.60. The zero-order valence-electron chi connectivity index (χ0n) is 18.3. The Morgan fingerprint density at radius 1 is 1.06 bits per heavy atom. The van der Waals surface area contributed by atoms with Crippen molar-refractivity contribution < 1.29 is 27.1 Å². The monoisotopic (exact) mass is 463 g/mol. The van der Waals surface area contributed by atoms with Gasteiger partial charge in [0.25, 0.3) is 0 Å². The van der Waals surface area contributed by atoms with Crippen molar-refractivity contribution in [3.8, 4) is 11.5 Å². The number of hydrogen-bond acceptors (Lipinski definition) is 7. The molecule has 0 aliphatic carbocycles. The standard InChI is InChI=1S/C21H25N3O7S/c1-12(2)19(20(25)22-13-6-9-16(29-4)18(10-13)30-5)23-32(27,28)14-7-8-15-17(11-14)31-21(26)24(15)3/h6-12,19,23H,1-5H3,(H,22,25). The van der Waals surface area contributed by atoms with Crippen molar-refractivity contribution in [3.63, 3.8) is 0 Å². The molecule has 0 aliphatic rings. The van der Waals surface area contributed by atoms with Crippen LogP contribution < -0.4 is 25.3 Å². The van der Waals surface area contributed by atoms with E-state index in [0.29, 0.717) is 22.7 Å². The van der Waals surface area contributed by atoms with Gasteiger partial charge >= 0.3 is 5.76 Å². The molecule has 10 nitrogen and oxygen atoms in total. The quantitative estimate of drug-likeness (QED) is 0.523. The summed E-state index contributed by atoms with van der Waals surface area (Å²) in [5.41, 5.74) is 1.02. The van der Waals surface area contributed by atoms with Gasteiger partial charge in [-0.3, -0.25) is 9.36 Å². The Morgan fingerprint density at radius 3 is 2.38 bits per heavy atom. The summed E-state index contributed by atoms with van der Waals surface area (Å²) in [6.45, 7) is 3.45. The number of amides is 1. The second-order valence-corrected chi connectivity index (χ2v) is 9.17. The zero-order valence-corrected chi connectivity index (χ0v) is 19.1. The van der Waals surface area contributed by atoms with E-state index in [9.17, 15) is 18.0 Å². The first-order chi connectivity index (χ1) is 15.1. The van der Waals surface area contributed by atoms with Gasteiger partial charge in [0.1, 0.15) is 6.04 Å². The van der Waals surface area contributed by atoms with Crippen LogP contribution in [0.25, 0.3) is 11.1 Å². The van der Waals surface area contributed by atoms with Gasteiger partial charge in [0.05, 0.1) is 24.6 Å². The molecule has 3 rings (SSSR count). The maximum atomic E-state index is 13.0. The Morgan fingerprint density at radius 2 is 1.75 bits per heavy atom. The Hall–Kier alpha value is -3.31. The summed E-state index contributed by atoms with van der Waals surface area (Å²) in [5.74, 6) is -0.581. The lowest BCUT2D eigenvalue weighted by atomic mass is 10.0. The van der Waals surface area contributed by atoms with E-state index in [2.05, 4.69) is 10.0 Å². The minimum absolute atomic E-state index is 0.121. The second kappa shape index (κ2) is 9.05. The first kappa shape index (κ1) is 23.4. The molecule has 1 amide bonds. The van der Waals surface area contributed by atoms with E-state index < -0.39 is 27.7 Å². The molecule has 0 saturated carbocycles. The molecule has 1 atom stereocenters. The lowest BCUT2D eigenvalue weighted by Crippen LogP contribution is -2.47. The summed E-state index contributed by atoms with van der Waals surface area (Å²) < 4.78 is 45.1. The summed E-state index contributed by atoms with van der Waals surface area (Å²) in [6, 6.07) is 7.84. The minimum atomic E-state index is -4.09. The molecule has 0 spiro atoms. The highest BCUT2D eigenvalue weighted by atomic mass is 32.2. The number of carbonyl (C=O) groups is 1. The number of oxazole rings is 1. The van der Waals surface area contributed by atoms with Crippen LogP contribution in [-0.2, 0) is 21.9 Å². The van der Waals surface area contributed by atoms with Gasteiger partial charge in [-0.25, -0.2) is 13.2 Å². The van der Waals surface area contributed by atoms with E-state index in [1.54, 1.807) is 32.0 Å². The average Bonchev–Trinajstić information content (AvgIpc) is 3.04. The Labute approximate surface area is 185 Å². The largest absolute Gasteiger partial charge is 0.493 e. The third-order valence-corrected chi connectivity index (χ3v) is 6.40. The summed E-state index contributed by atoms with van der Waals surface area (Å²) in [5, 5.41) is 2.70. The number of rotatable bonds is 8.